The number of aryl methyl sites for hydroxylation is 1. The summed E-state index contributed by atoms with van der Waals surface area (Å²) >= 11 is -3.07. The second-order valence-corrected chi connectivity index (χ2v) is 25.2. The first-order chi connectivity index (χ1) is 25.2. The van der Waals surface area contributed by atoms with Gasteiger partial charge in [-0.1, -0.05) is 0 Å². The molecule has 6 unspecified atom stereocenters. The van der Waals surface area contributed by atoms with Gasteiger partial charge in [0.2, 0.25) is 0 Å². The number of hydrogen-bond donors (Lipinski definition) is 0. The molecule has 0 saturated carbocycles. The molecule has 5 aromatic rings. The summed E-state index contributed by atoms with van der Waals surface area (Å²) in [7, 11) is 0. The van der Waals surface area contributed by atoms with Gasteiger partial charge in [-0.25, -0.2) is 0 Å². The van der Waals surface area contributed by atoms with Gasteiger partial charge in [0.15, 0.2) is 0 Å². The average molecular weight is 774 g/mol. The van der Waals surface area contributed by atoms with E-state index in [9.17, 15) is 0 Å². The van der Waals surface area contributed by atoms with Crippen LogP contribution in [0.15, 0.2) is 112 Å². The molecule has 0 heterocycles. The van der Waals surface area contributed by atoms with Crippen molar-refractivity contribution < 1.29 is 21.3 Å². The van der Waals surface area contributed by atoms with E-state index in [-0.39, 0.29) is 8.54 Å². The van der Waals surface area contributed by atoms with Gasteiger partial charge in [-0.3, -0.25) is 0 Å². The number of hydrogen-bond acceptors (Lipinski definition) is 0. The third kappa shape index (κ3) is 5.41. The van der Waals surface area contributed by atoms with Crippen LogP contribution in [-0.2, 0) is 24.4 Å². The molecular formula is C52H58Zr. The van der Waals surface area contributed by atoms with E-state index >= 15 is 0 Å². The molecule has 0 nitrogen and oxygen atoms in total. The van der Waals surface area contributed by atoms with Crippen molar-refractivity contribution >= 4 is 14.0 Å². The standard InChI is InChI=1S/C29H33.C13H10.C10H15.Zr/c1-14-13-24-25(18(5)15(14)2)21(8)28-27-20(7)17(4)16(3)19(6)26(27)22-11-9-10-12-23(22)29(24)28;1-3-7-12(8-4-1)11-13-9-5-2-6-10-13;1-8-5-6-9(7-8)10(2,3)4;/h9-13,16-17,19,21H,1-8H3;1-10H;6-8H,1-4H3;. The Morgan fingerprint density at radius 3 is 1.81 bits per heavy atom. The van der Waals surface area contributed by atoms with E-state index in [2.05, 4.69) is 186 Å². The summed E-state index contributed by atoms with van der Waals surface area (Å²) in [6.07, 6.45) is 5.35. The second kappa shape index (κ2) is 13.1. The van der Waals surface area contributed by atoms with E-state index in [1.807, 2.05) is 0 Å². The average Bonchev–Trinajstić information content (AvgIpc) is 3.68. The Kier molecular flexibility index (Phi) is 9.05. The number of allylic oxidation sites excluding steroid dienone is 4. The Morgan fingerprint density at radius 2 is 1.25 bits per heavy atom. The van der Waals surface area contributed by atoms with E-state index in [1.54, 1.807) is 28.7 Å². The summed E-state index contributed by atoms with van der Waals surface area (Å²) in [6.45, 7) is 29.9. The van der Waals surface area contributed by atoms with Crippen LogP contribution in [-0.4, -0.2) is 3.21 Å². The molecule has 0 spiro atoms. The molecule has 0 aliphatic heterocycles. The molecule has 0 radical (unpaired) electrons. The van der Waals surface area contributed by atoms with Crippen LogP contribution in [0, 0.1) is 43.9 Å². The van der Waals surface area contributed by atoms with Crippen molar-refractivity contribution in [2.45, 2.75) is 98.0 Å². The van der Waals surface area contributed by atoms with Gasteiger partial charge >= 0.3 is 330 Å². The van der Waals surface area contributed by atoms with Gasteiger partial charge in [0.25, 0.3) is 0 Å². The molecule has 0 fully saturated rings. The summed E-state index contributed by atoms with van der Waals surface area (Å²) in [4.78, 5) is 0. The van der Waals surface area contributed by atoms with E-state index in [4.69, 9.17) is 0 Å². The normalized spacial score (nSPS) is 24.7. The fourth-order valence-corrected chi connectivity index (χ4v) is 21.7. The van der Waals surface area contributed by atoms with Crippen LogP contribution in [0.2, 0.25) is 0 Å². The topological polar surface area (TPSA) is 0 Å². The molecule has 53 heavy (non-hydrogen) atoms. The maximum atomic E-state index is 2.79. The van der Waals surface area contributed by atoms with Crippen molar-refractivity contribution in [1.29, 1.82) is 0 Å². The molecule has 8 rings (SSSR count). The first kappa shape index (κ1) is 36.6. The Labute approximate surface area is 327 Å². The van der Waals surface area contributed by atoms with Crippen molar-refractivity contribution in [2.24, 2.45) is 23.2 Å². The van der Waals surface area contributed by atoms with Crippen molar-refractivity contribution in [3.05, 3.63) is 162 Å². The monoisotopic (exact) mass is 772 g/mol. The van der Waals surface area contributed by atoms with E-state index < -0.39 is 21.3 Å². The quantitative estimate of drug-likeness (QED) is 0.171. The zero-order chi connectivity index (χ0) is 37.7. The predicted octanol–water partition coefficient (Wildman–Crippen LogP) is 13.9. The Morgan fingerprint density at radius 1 is 0.679 bits per heavy atom. The molecule has 1 heteroatoms. The summed E-state index contributed by atoms with van der Waals surface area (Å²) < 4.78 is 3.40. The molecule has 0 N–H and O–H groups in total. The third-order valence-electron chi connectivity index (χ3n) is 14.4. The maximum absolute atomic E-state index is 3.07. The zero-order valence-electron chi connectivity index (χ0n) is 34.2. The van der Waals surface area contributed by atoms with Gasteiger partial charge in [-0.2, -0.15) is 0 Å². The van der Waals surface area contributed by atoms with Gasteiger partial charge < -0.3 is 0 Å². The fraction of sp³-hybridized carbons (Fsp3) is 0.365. The Hall–Kier alpha value is -3.41. The second-order valence-electron chi connectivity index (χ2n) is 18.1. The SMILES string of the molecule is Cc1cc2c(c(C)c1C)C(C)c1c3c(c4ccccc4c1-2)C(C)C(C)C(C)[C]3(C)[Zr]([C]1=CC(C(C)(C)C)=CC1C)=[C](c1ccccc1)c1ccccc1. The van der Waals surface area contributed by atoms with Gasteiger partial charge in [0.1, 0.15) is 0 Å². The van der Waals surface area contributed by atoms with Crippen molar-refractivity contribution in [3.8, 4) is 11.1 Å². The molecule has 0 bridgehead atoms. The summed E-state index contributed by atoms with van der Waals surface area (Å²) in [5.74, 6) is 2.25. The van der Waals surface area contributed by atoms with Gasteiger partial charge in [-0.15, -0.1) is 0 Å². The van der Waals surface area contributed by atoms with Crippen LogP contribution in [0.4, 0.5) is 0 Å². The Balaban J connectivity index is 1.61. The number of rotatable bonds is 4. The van der Waals surface area contributed by atoms with Crippen LogP contribution >= 0.6 is 0 Å². The molecule has 3 aliphatic rings. The molecule has 3 aliphatic carbocycles. The third-order valence-corrected chi connectivity index (χ3v) is 24.2. The molecule has 6 atom stereocenters. The van der Waals surface area contributed by atoms with Crippen LogP contribution in [0.3, 0.4) is 0 Å². The number of benzene rings is 5. The van der Waals surface area contributed by atoms with Crippen LogP contribution in [0.5, 0.6) is 0 Å². The number of fused-ring (bicyclic) bond motifs is 8. The van der Waals surface area contributed by atoms with Gasteiger partial charge in [0, 0.05) is 0 Å². The fourth-order valence-electron chi connectivity index (χ4n) is 10.9. The summed E-state index contributed by atoms with van der Waals surface area (Å²) in [6, 6.07) is 35.2. The molecule has 270 valence electrons. The molecule has 0 saturated heterocycles. The molecule has 0 aromatic heterocycles. The Bertz CT molecular complexity index is 2340. The van der Waals surface area contributed by atoms with Crippen molar-refractivity contribution in [1.82, 2.24) is 0 Å². The van der Waals surface area contributed by atoms with Crippen molar-refractivity contribution in [3.63, 3.8) is 0 Å². The molecule has 5 aromatic carbocycles. The van der Waals surface area contributed by atoms with Crippen LogP contribution in [0.1, 0.15) is 124 Å². The van der Waals surface area contributed by atoms with Crippen LogP contribution in [0.25, 0.3) is 21.9 Å². The summed E-state index contributed by atoms with van der Waals surface area (Å²) in [5, 5.41) is 2.94. The molecule has 0 amide bonds. The minimum atomic E-state index is -3.07. The zero-order valence-corrected chi connectivity index (χ0v) is 36.7. The summed E-state index contributed by atoms with van der Waals surface area (Å²) in [5.41, 5.74) is 18.4. The van der Waals surface area contributed by atoms with E-state index in [0.717, 1.165) is 0 Å². The first-order valence-electron chi connectivity index (χ1n) is 20.2. The van der Waals surface area contributed by atoms with E-state index in [0.29, 0.717) is 29.6 Å². The molecular weight excluding hydrogens is 716 g/mol. The van der Waals surface area contributed by atoms with Crippen LogP contribution < -0.4 is 0 Å². The van der Waals surface area contributed by atoms with Crippen molar-refractivity contribution in [2.75, 3.05) is 0 Å². The minimum absolute atomic E-state index is 0.0196. The van der Waals surface area contributed by atoms with Gasteiger partial charge in [0.05, 0.1) is 0 Å². The van der Waals surface area contributed by atoms with Gasteiger partial charge in [-0.05, 0) is 0 Å². The predicted molar refractivity (Wildman–Crippen MR) is 226 cm³/mol. The first-order valence-corrected chi connectivity index (χ1v) is 23.9. The van der Waals surface area contributed by atoms with E-state index in [1.165, 1.54) is 55.3 Å².